The predicted octanol–water partition coefficient (Wildman–Crippen LogP) is 0.479. The number of hydrogen-bond donors (Lipinski definition) is 0. The Balaban J connectivity index is 2.82. The Morgan fingerprint density at radius 3 is 2.00 bits per heavy atom. The second-order valence-electron chi connectivity index (χ2n) is 5.26. The van der Waals surface area contributed by atoms with E-state index in [9.17, 15) is 9.59 Å². The lowest BCUT2D eigenvalue weighted by Gasteiger charge is -2.27. The molecule has 0 radical (unpaired) electrons. The average molecular weight is 255 g/mol. The summed E-state index contributed by atoms with van der Waals surface area (Å²) >= 11 is 0. The Hall–Kier alpha value is -1.08. The van der Waals surface area contributed by atoms with E-state index in [-0.39, 0.29) is 13.1 Å². The van der Waals surface area contributed by atoms with Gasteiger partial charge in [-0.3, -0.25) is 14.5 Å². The maximum Gasteiger partial charge on any atom is 0.627 e. The van der Waals surface area contributed by atoms with Gasteiger partial charge in [0.05, 0.1) is 21.2 Å². The lowest BCUT2D eigenvalue weighted by molar-refractivity contribution is -0.145. The standard InChI is InChI=1S/C10H18BNO4Si/c1-8(17(3,4)5)11-15-9(13)6-12(2)7-10(14)16-11/h1,6-7H2,2-5H3. The van der Waals surface area contributed by atoms with Crippen LogP contribution in [0.4, 0.5) is 0 Å². The van der Waals surface area contributed by atoms with Crippen LogP contribution < -0.4 is 0 Å². The molecule has 0 unspecified atom stereocenters. The van der Waals surface area contributed by atoms with Crippen molar-refractivity contribution in [1.29, 1.82) is 0 Å². The number of likely N-dealkylation sites (N-methyl/N-ethyl adjacent to an activating group) is 1. The summed E-state index contributed by atoms with van der Waals surface area (Å²) in [5, 5.41) is 0.712. The van der Waals surface area contributed by atoms with Crippen molar-refractivity contribution in [3.8, 4) is 0 Å². The molecule has 0 N–H and O–H groups in total. The third-order valence-electron chi connectivity index (χ3n) is 2.52. The van der Waals surface area contributed by atoms with Crippen LogP contribution in [-0.4, -0.2) is 52.2 Å². The molecule has 1 aliphatic rings. The maximum absolute atomic E-state index is 11.5. The Kier molecular flexibility index (Phi) is 4.16. The third-order valence-corrected chi connectivity index (χ3v) is 4.69. The van der Waals surface area contributed by atoms with E-state index in [1.165, 1.54) is 0 Å². The van der Waals surface area contributed by atoms with Crippen LogP contribution in [-0.2, 0) is 18.9 Å². The second kappa shape index (κ2) is 5.05. The van der Waals surface area contributed by atoms with E-state index < -0.39 is 27.1 Å². The largest absolute Gasteiger partial charge is 0.627 e. The van der Waals surface area contributed by atoms with E-state index in [1.807, 2.05) is 0 Å². The molecule has 94 valence electrons. The summed E-state index contributed by atoms with van der Waals surface area (Å²) in [5.74, 6) is -0.797. The third kappa shape index (κ3) is 4.01. The van der Waals surface area contributed by atoms with E-state index in [2.05, 4.69) is 26.2 Å². The number of nitrogens with zero attached hydrogens (tertiary/aromatic N) is 1. The molecule has 1 fully saturated rings. The highest BCUT2D eigenvalue weighted by atomic mass is 28.3. The fourth-order valence-electron chi connectivity index (χ4n) is 1.33. The lowest BCUT2D eigenvalue weighted by Crippen LogP contribution is -2.47. The van der Waals surface area contributed by atoms with Gasteiger partial charge in [-0.25, -0.2) is 0 Å². The zero-order valence-corrected chi connectivity index (χ0v) is 11.8. The van der Waals surface area contributed by atoms with Crippen LogP contribution in [0, 0.1) is 0 Å². The molecule has 0 aromatic heterocycles. The van der Waals surface area contributed by atoms with Gasteiger partial charge in [-0.1, -0.05) is 19.6 Å². The molecule has 0 spiro atoms. The highest BCUT2D eigenvalue weighted by molar-refractivity contribution is 6.95. The first-order chi connectivity index (χ1) is 7.70. The number of carbonyl (C=O) groups excluding carboxylic acids is 2. The quantitative estimate of drug-likeness (QED) is 0.672. The van der Waals surface area contributed by atoms with E-state index in [0.29, 0.717) is 5.10 Å². The highest BCUT2D eigenvalue weighted by Gasteiger charge is 2.39. The summed E-state index contributed by atoms with van der Waals surface area (Å²) in [7, 11) is -0.984. The van der Waals surface area contributed by atoms with Crippen molar-refractivity contribution in [2.75, 3.05) is 20.1 Å². The minimum absolute atomic E-state index is 0.0879. The van der Waals surface area contributed by atoms with Gasteiger partial charge in [-0.15, -0.1) is 6.58 Å². The number of hydrogen-bond acceptors (Lipinski definition) is 5. The molecule has 17 heavy (non-hydrogen) atoms. The molecule has 5 nitrogen and oxygen atoms in total. The van der Waals surface area contributed by atoms with Gasteiger partial charge in [0.25, 0.3) is 0 Å². The number of carbonyl (C=O) groups is 2. The van der Waals surface area contributed by atoms with Crippen LogP contribution in [0.1, 0.15) is 0 Å². The van der Waals surface area contributed by atoms with Gasteiger partial charge < -0.3 is 9.31 Å². The lowest BCUT2D eigenvalue weighted by atomic mass is 9.89. The van der Waals surface area contributed by atoms with Gasteiger partial charge in [-0.2, -0.15) is 0 Å². The van der Waals surface area contributed by atoms with Gasteiger partial charge in [-0.05, 0) is 12.1 Å². The van der Waals surface area contributed by atoms with Crippen LogP contribution in [0.15, 0.2) is 11.7 Å². The summed E-state index contributed by atoms with van der Waals surface area (Å²) in [6, 6.07) is 0. The molecule has 1 rings (SSSR count). The van der Waals surface area contributed by atoms with Crippen molar-refractivity contribution in [3.63, 3.8) is 0 Å². The molecule has 7 heteroatoms. The highest BCUT2D eigenvalue weighted by Crippen LogP contribution is 2.18. The van der Waals surface area contributed by atoms with Crippen LogP contribution in [0.3, 0.4) is 0 Å². The minimum Gasteiger partial charge on any atom is -0.495 e. The Labute approximate surface area is 103 Å². The van der Waals surface area contributed by atoms with Crippen molar-refractivity contribution >= 4 is 27.1 Å². The summed E-state index contributed by atoms with van der Waals surface area (Å²) in [6.45, 7) is 10.3. The van der Waals surface area contributed by atoms with Crippen molar-refractivity contribution < 1.29 is 18.9 Å². The fraction of sp³-hybridized carbons (Fsp3) is 0.600. The predicted molar refractivity (Wildman–Crippen MR) is 67.9 cm³/mol. The molecule has 0 amide bonds. The first kappa shape index (κ1) is 14.0. The molecule has 1 aliphatic heterocycles. The molecular weight excluding hydrogens is 237 g/mol. The minimum atomic E-state index is -1.73. The molecular formula is C10H18BNO4Si. The summed E-state index contributed by atoms with van der Waals surface area (Å²) in [4.78, 5) is 24.6. The Bertz CT molecular complexity index is 333. The Morgan fingerprint density at radius 1 is 1.24 bits per heavy atom. The zero-order valence-electron chi connectivity index (χ0n) is 10.8. The maximum atomic E-state index is 11.5. The molecule has 0 bridgehead atoms. The fourth-order valence-corrected chi connectivity index (χ4v) is 2.15. The molecule has 0 aliphatic carbocycles. The molecule has 0 aromatic carbocycles. The van der Waals surface area contributed by atoms with Crippen molar-refractivity contribution in [2.45, 2.75) is 19.6 Å². The molecule has 1 heterocycles. The van der Waals surface area contributed by atoms with Crippen molar-refractivity contribution in [3.05, 3.63) is 11.7 Å². The number of rotatable bonds is 2. The van der Waals surface area contributed by atoms with E-state index >= 15 is 0 Å². The average Bonchev–Trinajstić information content (AvgIpc) is 2.11. The second-order valence-corrected chi connectivity index (χ2v) is 10.4. The SMILES string of the molecule is C=C(B1OC(=O)CN(C)CC(=O)O1)[Si](C)(C)C. The normalized spacial score (nSPS) is 19.2. The first-order valence-electron chi connectivity index (χ1n) is 5.47. The van der Waals surface area contributed by atoms with Crippen LogP contribution in [0.5, 0.6) is 0 Å². The van der Waals surface area contributed by atoms with Crippen molar-refractivity contribution in [1.82, 2.24) is 4.90 Å². The smallest absolute Gasteiger partial charge is 0.495 e. The summed E-state index contributed by atoms with van der Waals surface area (Å²) in [5.41, 5.74) is 0. The zero-order chi connectivity index (χ0) is 13.2. The van der Waals surface area contributed by atoms with E-state index in [0.717, 1.165) is 0 Å². The van der Waals surface area contributed by atoms with Gasteiger partial charge in [0, 0.05) is 0 Å². The van der Waals surface area contributed by atoms with Crippen molar-refractivity contribution in [2.24, 2.45) is 0 Å². The summed E-state index contributed by atoms with van der Waals surface area (Å²) < 4.78 is 10.3. The van der Waals surface area contributed by atoms with Gasteiger partial charge in [0.15, 0.2) is 0 Å². The van der Waals surface area contributed by atoms with E-state index in [4.69, 9.17) is 9.31 Å². The molecule has 0 saturated carbocycles. The van der Waals surface area contributed by atoms with Gasteiger partial charge in [0.2, 0.25) is 0 Å². The summed E-state index contributed by atoms with van der Waals surface area (Å²) in [6.07, 6.45) is 0. The van der Waals surface area contributed by atoms with Crippen LogP contribution >= 0.6 is 0 Å². The van der Waals surface area contributed by atoms with E-state index in [1.54, 1.807) is 11.9 Å². The topological polar surface area (TPSA) is 55.8 Å². The molecule has 0 atom stereocenters. The molecule has 1 saturated heterocycles. The van der Waals surface area contributed by atoms with Gasteiger partial charge in [0.1, 0.15) is 0 Å². The molecule has 0 aromatic rings. The van der Waals surface area contributed by atoms with Crippen LogP contribution in [0.25, 0.3) is 0 Å². The van der Waals surface area contributed by atoms with Gasteiger partial charge >= 0.3 is 19.1 Å². The Morgan fingerprint density at radius 2 is 1.65 bits per heavy atom. The van der Waals surface area contributed by atoms with Crippen LogP contribution in [0.2, 0.25) is 19.6 Å². The first-order valence-corrected chi connectivity index (χ1v) is 8.97. The monoisotopic (exact) mass is 255 g/mol.